The second-order valence-corrected chi connectivity index (χ2v) is 5.33. The molecule has 0 saturated heterocycles. The maximum atomic E-state index is 5.79. The maximum absolute atomic E-state index is 5.79. The van der Waals surface area contributed by atoms with Crippen LogP contribution in [0.25, 0.3) is 10.9 Å². The first-order chi connectivity index (χ1) is 10.4. The zero-order valence-corrected chi connectivity index (χ0v) is 12.1. The van der Waals surface area contributed by atoms with E-state index in [4.69, 9.17) is 19.2 Å². The molecule has 0 spiro atoms. The highest BCUT2D eigenvalue weighted by atomic mass is 16.5. The van der Waals surface area contributed by atoms with Gasteiger partial charge >= 0.3 is 0 Å². The van der Waals surface area contributed by atoms with Crippen LogP contribution in [-0.2, 0) is 17.8 Å². The third-order valence-corrected chi connectivity index (χ3v) is 4.02. The van der Waals surface area contributed by atoms with Crippen LogP contribution in [0.3, 0.4) is 0 Å². The Bertz CT molecular complexity index is 700. The summed E-state index contributed by atoms with van der Waals surface area (Å²) < 4.78 is 17.1. The van der Waals surface area contributed by atoms with Crippen LogP contribution in [0.4, 0.5) is 5.69 Å². The number of anilines is 1. The first-order valence-corrected chi connectivity index (χ1v) is 7.37. The standard InChI is InChI=1S/C16H18N2O3/c1-17-16-10-7-14-15(21-5-2-4-20-14)8-13(10)18-12-3-6-19-9-11(12)16/h7-8H,2-6,9H2,1H3,(H,17,18). The molecule has 5 nitrogen and oxygen atoms in total. The van der Waals surface area contributed by atoms with Gasteiger partial charge in [-0.3, -0.25) is 4.98 Å². The molecule has 0 saturated carbocycles. The van der Waals surface area contributed by atoms with Gasteiger partial charge in [0.15, 0.2) is 11.5 Å². The third kappa shape index (κ3) is 2.08. The van der Waals surface area contributed by atoms with E-state index in [1.807, 2.05) is 19.2 Å². The van der Waals surface area contributed by atoms with Crippen molar-refractivity contribution in [1.29, 1.82) is 0 Å². The summed E-state index contributed by atoms with van der Waals surface area (Å²) in [5.74, 6) is 1.59. The van der Waals surface area contributed by atoms with Crippen LogP contribution >= 0.6 is 0 Å². The van der Waals surface area contributed by atoms with Gasteiger partial charge in [-0.1, -0.05) is 0 Å². The second-order valence-electron chi connectivity index (χ2n) is 5.33. The number of benzene rings is 1. The lowest BCUT2D eigenvalue weighted by atomic mass is 10.0. The van der Waals surface area contributed by atoms with Crippen molar-refractivity contribution >= 4 is 16.6 Å². The minimum Gasteiger partial charge on any atom is -0.490 e. The van der Waals surface area contributed by atoms with Crippen molar-refractivity contribution < 1.29 is 14.2 Å². The van der Waals surface area contributed by atoms with Gasteiger partial charge in [0, 0.05) is 36.9 Å². The van der Waals surface area contributed by atoms with Gasteiger partial charge in [0.05, 0.1) is 43.3 Å². The molecular formula is C16H18N2O3. The molecule has 0 unspecified atom stereocenters. The van der Waals surface area contributed by atoms with Crippen LogP contribution in [-0.4, -0.2) is 31.9 Å². The van der Waals surface area contributed by atoms with Gasteiger partial charge in [0.2, 0.25) is 0 Å². The van der Waals surface area contributed by atoms with Crippen molar-refractivity contribution in [3.05, 3.63) is 23.4 Å². The van der Waals surface area contributed by atoms with Crippen LogP contribution in [0, 0.1) is 0 Å². The molecule has 0 radical (unpaired) electrons. The third-order valence-electron chi connectivity index (χ3n) is 4.02. The monoisotopic (exact) mass is 286 g/mol. The van der Waals surface area contributed by atoms with Gasteiger partial charge < -0.3 is 19.5 Å². The zero-order valence-electron chi connectivity index (χ0n) is 12.1. The van der Waals surface area contributed by atoms with E-state index in [-0.39, 0.29) is 0 Å². The van der Waals surface area contributed by atoms with Gasteiger partial charge in [0.25, 0.3) is 0 Å². The minimum atomic E-state index is 0.614. The molecular weight excluding hydrogens is 268 g/mol. The van der Waals surface area contributed by atoms with Crippen molar-refractivity contribution in [3.63, 3.8) is 0 Å². The molecule has 1 N–H and O–H groups in total. The fourth-order valence-electron chi connectivity index (χ4n) is 3.00. The van der Waals surface area contributed by atoms with Gasteiger partial charge in [-0.15, -0.1) is 0 Å². The van der Waals surface area contributed by atoms with Crippen LogP contribution in [0.1, 0.15) is 17.7 Å². The Balaban J connectivity index is 1.97. The summed E-state index contributed by atoms with van der Waals surface area (Å²) in [6, 6.07) is 4.02. The Morgan fingerprint density at radius 3 is 2.71 bits per heavy atom. The van der Waals surface area contributed by atoms with Gasteiger partial charge in [-0.2, -0.15) is 0 Å². The highest BCUT2D eigenvalue weighted by molar-refractivity contribution is 5.95. The Hall–Kier alpha value is -2.01. The van der Waals surface area contributed by atoms with E-state index in [0.717, 1.165) is 58.8 Å². The highest BCUT2D eigenvalue weighted by Gasteiger charge is 2.20. The van der Waals surface area contributed by atoms with E-state index in [2.05, 4.69) is 5.32 Å². The van der Waals surface area contributed by atoms with E-state index in [1.165, 1.54) is 0 Å². The Kier molecular flexibility index (Phi) is 3.07. The number of ether oxygens (including phenoxy) is 3. The lowest BCUT2D eigenvalue weighted by Gasteiger charge is -2.21. The molecule has 4 rings (SSSR count). The van der Waals surface area contributed by atoms with Crippen LogP contribution < -0.4 is 14.8 Å². The quantitative estimate of drug-likeness (QED) is 0.873. The summed E-state index contributed by atoms with van der Waals surface area (Å²) in [5, 5.41) is 4.37. The first-order valence-electron chi connectivity index (χ1n) is 7.37. The number of hydrogen-bond acceptors (Lipinski definition) is 5. The van der Waals surface area contributed by atoms with E-state index < -0.39 is 0 Å². The number of fused-ring (bicyclic) bond motifs is 3. The zero-order chi connectivity index (χ0) is 14.2. The van der Waals surface area contributed by atoms with Crippen molar-refractivity contribution in [1.82, 2.24) is 4.98 Å². The minimum absolute atomic E-state index is 0.614. The lowest BCUT2D eigenvalue weighted by Crippen LogP contribution is -2.14. The SMILES string of the molecule is CNc1c2c(nc3cc4c(cc13)OCCCO4)CCOC2. The van der Waals surface area contributed by atoms with E-state index in [9.17, 15) is 0 Å². The molecule has 3 heterocycles. The summed E-state index contributed by atoms with van der Waals surface area (Å²) in [4.78, 5) is 4.81. The van der Waals surface area contributed by atoms with Gasteiger partial charge in [0.1, 0.15) is 0 Å². The molecule has 2 aromatic rings. The summed E-state index contributed by atoms with van der Waals surface area (Å²) in [5.41, 5.74) is 4.31. The summed E-state index contributed by atoms with van der Waals surface area (Å²) in [7, 11) is 1.94. The van der Waals surface area contributed by atoms with E-state index in [1.54, 1.807) is 0 Å². The van der Waals surface area contributed by atoms with Gasteiger partial charge in [-0.05, 0) is 6.07 Å². The molecule has 110 valence electrons. The van der Waals surface area contributed by atoms with Crippen LogP contribution in [0.15, 0.2) is 12.1 Å². The number of rotatable bonds is 1. The maximum Gasteiger partial charge on any atom is 0.163 e. The molecule has 0 amide bonds. The van der Waals surface area contributed by atoms with Crippen molar-refractivity contribution in [3.8, 4) is 11.5 Å². The topological polar surface area (TPSA) is 52.6 Å². The molecule has 21 heavy (non-hydrogen) atoms. The fourth-order valence-corrected chi connectivity index (χ4v) is 3.00. The largest absolute Gasteiger partial charge is 0.490 e. The van der Waals surface area contributed by atoms with E-state index >= 15 is 0 Å². The average molecular weight is 286 g/mol. The summed E-state index contributed by atoms with van der Waals surface area (Å²) >= 11 is 0. The Morgan fingerprint density at radius 2 is 1.90 bits per heavy atom. The molecule has 2 aliphatic heterocycles. The predicted molar refractivity (Wildman–Crippen MR) is 80.3 cm³/mol. The second kappa shape index (κ2) is 5.07. The summed E-state index contributed by atoms with van der Waals surface area (Å²) in [6.45, 7) is 2.73. The lowest BCUT2D eigenvalue weighted by molar-refractivity contribution is 0.110. The van der Waals surface area contributed by atoms with Crippen molar-refractivity contribution in [2.24, 2.45) is 0 Å². The number of aromatic nitrogens is 1. The van der Waals surface area contributed by atoms with E-state index in [0.29, 0.717) is 19.8 Å². The molecule has 0 aliphatic carbocycles. The molecule has 0 fully saturated rings. The molecule has 2 aliphatic rings. The number of nitrogens with one attached hydrogen (secondary N) is 1. The molecule has 0 bridgehead atoms. The van der Waals surface area contributed by atoms with Crippen LogP contribution in [0.5, 0.6) is 11.5 Å². The normalized spacial score (nSPS) is 17.2. The van der Waals surface area contributed by atoms with Crippen molar-refractivity contribution in [2.75, 3.05) is 32.2 Å². The Labute approximate surface area is 123 Å². The molecule has 1 aromatic carbocycles. The smallest absolute Gasteiger partial charge is 0.163 e. The Morgan fingerprint density at radius 1 is 1.10 bits per heavy atom. The number of nitrogens with zero attached hydrogens (tertiary/aromatic N) is 1. The number of hydrogen-bond donors (Lipinski definition) is 1. The molecule has 1 aromatic heterocycles. The molecule has 0 atom stereocenters. The number of pyridine rings is 1. The van der Waals surface area contributed by atoms with Crippen molar-refractivity contribution in [2.45, 2.75) is 19.4 Å². The summed E-state index contributed by atoms with van der Waals surface area (Å²) in [6.07, 6.45) is 1.76. The predicted octanol–water partition coefficient (Wildman–Crippen LogP) is 2.51. The first kappa shape index (κ1) is 12.7. The molecule has 5 heteroatoms. The average Bonchev–Trinajstić information content (AvgIpc) is 2.75. The van der Waals surface area contributed by atoms with Gasteiger partial charge in [-0.25, -0.2) is 0 Å². The fraction of sp³-hybridized carbons (Fsp3) is 0.438. The van der Waals surface area contributed by atoms with Crippen LogP contribution in [0.2, 0.25) is 0 Å². The highest BCUT2D eigenvalue weighted by Crippen LogP contribution is 2.39.